The van der Waals surface area contributed by atoms with Gasteiger partial charge in [0.1, 0.15) is 5.52 Å². The van der Waals surface area contributed by atoms with Crippen LogP contribution in [0.4, 0.5) is 13.2 Å². The molecule has 0 spiro atoms. The Hall–Kier alpha value is -1.56. The van der Waals surface area contributed by atoms with E-state index in [1.807, 2.05) is 6.92 Å². The lowest BCUT2D eigenvalue weighted by Crippen LogP contribution is -2.47. The summed E-state index contributed by atoms with van der Waals surface area (Å²) in [6.45, 7) is 2.80. The van der Waals surface area contributed by atoms with Crippen LogP contribution in [-0.4, -0.2) is 11.2 Å². The van der Waals surface area contributed by atoms with E-state index >= 15 is 0 Å². The number of aryl methyl sites for hydroxylation is 1. The molecule has 0 aliphatic rings. The summed E-state index contributed by atoms with van der Waals surface area (Å²) in [7, 11) is 0. The van der Waals surface area contributed by atoms with Crippen LogP contribution in [0.25, 0.3) is 11.1 Å². The van der Waals surface area contributed by atoms with Crippen LogP contribution >= 0.6 is 0 Å². The molecule has 0 radical (unpaired) electrons. The molecule has 0 fully saturated rings. The van der Waals surface area contributed by atoms with E-state index in [2.05, 4.69) is 4.98 Å². The van der Waals surface area contributed by atoms with Gasteiger partial charge in [-0.3, -0.25) is 0 Å². The molecule has 0 amide bonds. The van der Waals surface area contributed by atoms with Crippen LogP contribution in [0.2, 0.25) is 0 Å². The van der Waals surface area contributed by atoms with E-state index in [1.54, 1.807) is 18.2 Å². The zero-order chi connectivity index (χ0) is 13.6. The van der Waals surface area contributed by atoms with Crippen molar-refractivity contribution in [1.29, 1.82) is 0 Å². The molecule has 2 N–H and O–H groups in total. The number of hydrogen-bond acceptors (Lipinski definition) is 3. The van der Waals surface area contributed by atoms with E-state index in [1.165, 1.54) is 0 Å². The number of nitrogens with zero attached hydrogens (tertiary/aromatic N) is 1. The lowest BCUT2D eigenvalue weighted by atomic mass is 10.0. The summed E-state index contributed by atoms with van der Waals surface area (Å²) in [5, 5.41) is 0. The maximum absolute atomic E-state index is 12.8. The number of aromatic nitrogens is 1. The van der Waals surface area contributed by atoms with E-state index in [0.717, 1.165) is 18.9 Å². The number of fused-ring (bicyclic) bond motifs is 1. The third kappa shape index (κ3) is 1.96. The zero-order valence-corrected chi connectivity index (χ0v) is 10.0. The van der Waals surface area contributed by atoms with Gasteiger partial charge in [-0.2, -0.15) is 13.2 Å². The van der Waals surface area contributed by atoms with E-state index in [4.69, 9.17) is 10.2 Å². The van der Waals surface area contributed by atoms with Crippen LogP contribution in [0.3, 0.4) is 0 Å². The standard InChI is InChI=1S/C12H13F3N2O/c1-3-7-4-5-9-8(6-7)17-10(18-9)11(2,16)12(13,14)15/h4-6H,3,16H2,1-2H3. The fourth-order valence-electron chi connectivity index (χ4n) is 1.54. The first-order chi connectivity index (χ1) is 8.25. The maximum atomic E-state index is 12.8. The average molecular weight is 258 g/mol. The summed E-state index contributed by atoms with van der Waals surface area (Å²) in [5.74, 6) is -0.516. The van der Waals surface area contributed by atoms with Gasteiger partial charge in [0, 0.05) is 0 Å². The molecule has 1 atom stereocenters. The molecule has 0 bridgehead atoms. The van der Waals surface area contributed by atoms with E-state index in [9.17, 15) is 13.2 Å². The van der Waals surface area contributed by atoms with Crippen molar-refractivity contribution in [3.8, 4) is 0 Å². The molecule has 1 heterocycles. The molecule has 0 aliphatic carbocycles. The van der Waals surface area contributed by atoms with E-state index < -0.39 is 17.6 Å². The largest absolute Gasteiger partial charge is 0.438 e. The molecule has 0 saturated heterocycles. The Morgan fingerprint density at radius 1 is 1.33 bits per heavy atom. The number of nitrogens with two attached hydrogens (primary N) is 1. The average Bonchev–Trinajstić information content (AvgIpc) is 2.70. The first-order valence-corrected chi connectivity index (χ1v) is 5.51. The van der Waals surface area contributed by atoms with Gasteiger partial charge in [-0.25, -0.2) is 4.98 Å². The first kappa shape index (κ1) is 12.9. The second-order valence-electron chi connectivity index (χ2n) is 4.37. The van der Waals surface area contributed by atoms with Gasteiger partial charge in [-0.05, 0) is 31.0 Å². The van der Waals surface area contributed by atoms with Crippen LogP contribution in [0.15, 0.2) is 22.6 Å². The van der Waals surface area contributed by atoms with Crippen LogP contribution < -0.4 is 5.73 Å². The van der Waals surface area contributed by atoms with Crippen molar-refractivity contribution >= 4 is 11.1 Å². The molecule has 3 nitrogen and oxygen atoms in total. The molecule has 0 aliphatic heterocycles. The fraction of sp³-hybridized carbons (Fsp3) is 0.417. The van der Waals surface area contributed by atoms with Crippen molar-refractivity contribution < 1.29 is 17.6 Å². The third-order valence-corrected chi connectivity index (χ3v) is 2.89. The normalized spacial score (nSPS) is 15.9. The Balaban J connectivity index is 2.54. The number of rotatable bonds is 2. The number of hydrogen-bond donors (Lipinski definition) is 1. The Morgan fingerprint density at radius 2 is 2.00 bits per heavy atom. The van der Waals surface area contributed by atoms with Crippen LogP contribution in [0.5, 0.6) is 0 Å². The highest BCUT2D eigenvalue weighted by atomic mass is 19.4. The molecule has 6 heteroatoms. The predicted octanol–water partition coefficient (Wildman–Crippen LogP) is 3.13. The molecule has 2 aromatic rings. The summed E-state index contributed by atoms with van der Waals surface area (Å²) in [5.41, 5.74) is 4.37. The molecule has 1 aromatic heterocycles. The molecule has 1 aromatic carbocycles. The first-order valence-electron chi connectivity index (χ1n) is 5.51. The maximum Gasteiger partial charge on any atom is 0.415 e. The van der Waals surface area contributed by atoms with Crippen LogP contribution in [0, 0.1) is 0 Å². The number of halogens is 3. The number of benzene rings is 1. The van der Waals surface area contributed by atoms with Crippen molar-refractivity contribution in [1.82, 2.24) is 4.98 Å². The lowest BCUT2D eigenvalue weighted by molar-refractivity contribution is -0.189. The van der Waals surface area contributed by atoms with Gasteiger partial charge in [0.2, 0.25) is 5.89 Å². The van der Waals surface area contributed by atoms with E-state index in [-0.39, 0.29) is 0 Å². The minimum absolute atomic E-state index is 0.308. The molecule has 18 heavy (non-hydrogen) atoms. The number of oxazole rings is 1. The minimum Gasteiger partial charge on any atom is -0.438 e. The van der Waals surface area contributed by atoms with Gasteiger partial charge in [0.25, 0.3) is 0 Å². The smallest absolute Gasteiger partial charge is 0.415 e. The van der Waals surface area contributed by atoms with Gasteiger partial charge >= 0.3 is 6.18 Å². The minimum atomic E-state index is -4.61. The van der Waals surface area contributed by atoms with E-state index in [0.29, 0.717) is 11.1 Å². The lowest BCUT2D eigenvalue weighted by Gasteiger charge is -2.23. The summed E-state index contributed by atoms with van der Waals surface area (Å²) in [4.78, 5) is 3.85. The third-order valence-electron chi connectivity index (χ3n) is 2.89. The second kappa shape index (κ2) is 3.98. The highest BCUT2D eigenvalue weighted by Crippen LogP contribution is 2.37. The summed E-state index contributed by atoms with van der Waals surface area (Å²) in [6, 6.07) is 5.10. The second-order valence-corrected chi connectivity index (χ2v) is 4.37. The predicted molar refractivity (Wildman–Crippen MR) is 61.0 cm³/mol. The van der Waals surface area contributed by atoms with Crippen molar-refractivity contribution in [2.75, 3.05) is 0 Å². The summed E-state index contributed by atoms with van der Waals surface area (Å²) >= 11 is 0. The Bertz CT molecular complexity index is 572. The van der Waals surface area contributed by atoms with Crippen LogP contribution in [-0.2, 0) is 12.0 Å². The van der Waals surface area contributed by atoms with Gasteiger partial charge in [-0.1, -0.05) is 13.0 Å². The highest BCUT2D eigenvalue weighted by molar-refractivity contribution is 5.73. The van der Waals surface area contributed by atoms with Crippen molar-refractivity contribution in [2.24, 2.45) is 5.73 Å². The highest BCUT2D eigenvalue weighted by Gasteiger charge is 2.53. The Kier molecular flexibility index (Phi) is 2.85. The molecule has 0 saturated carbocycles. The molecular weight excluding hydrogens is 245 g/mol. The molecule has 2 rings (SSSR count). The van der Waals surface area contributed by atoms with Crippen molar-refractivity contribution in [3.63, 3.8) is 0 Å². The van der Waals surface area contributed by atoms with Gasteiger partial charge < -0.3 is 10.2 Å². The summed E-state index contributed by atoms with van der Waals surface area (Å²) in [6.07, 6.45) is -3.83. The monoisotopic (exact) mass is 258 g/mol. The topological polar surface area (TPSA) is 52.0 Å². The SMILES string of the molecule is CCc1ccc2oc(C(C)(N)C(F)(F)F)nc2c1. The van der Waals surface area contributed by atoms with Gasteiger partial charge in [0.05, 0.1) is 0 Å². The Morgan fingerprint density at radius 3 is 2.56 bits per heavy atom. The molecule has 98 valence electrons. The molecular formula is C12H13F3N2O. The fourth-order valence-corrected chi connectivity index (χ4v) is 1.54. The zero-order valence-electron chi connectivity index (χ0n) is 10.0. The van der Waals surface area contributed by atoms with Crippen LogP contribution in [0.1, 0.15) is 25.3 Å². The number of alkyl halides is 3. The quantitative estimate of drug-likeness (QED) is 0.900. The summed E-state index contributed by atoms with van der Waals surface area (Å²) < 4.78 is 43.4. The van der Waals surface area contributed by atoms with Gasteiger partial charge in [-0.15, -0.1) is 0 Å². The molecule has 1 unspecified atom stereocenters. The Labute approximate surface area is 102 Å². The van der Waals surface area contributed by atoms with Crippen molar-refractivity contribution in [2.45, 2.75) is 32.0 Å². The van der Waals surface area contributed by atoms with Crippen molar-refractivity contribution in [3.05, 3.63) is 29.7 Å². The van der Waals surface area contributed by atoms with Gasteiger partial charge in [0.15, 0.2) is 11.1 Å².